The Morgan fingerprint density at radius 3 is 2.58 bits per heavy atom. The van der Waals surface area contributed by atoms with Crippen LogP contribution < -0.4 is 0 Å². The third-order valence-corrected chi connectivity index (χ3v) is 4.24. The van der Waals surface area contributed by atoms with Crippen molar-refractivity contribution < 1.29 is 0 Å². The van der Waals surface area contributed by atoms with Gasteiger partial charge in [-0.2, -0.15) is 0 Å². The van der Waals surface area contributed by atoms with Crippen molar-refractivity contribution in [3.63, 3.8) is 0 Å². The number of rotatable bonds is 3. The predicted octanol–water partition coefficient (Wildman–Crippen LogP) is 5.78. The average molecular weight is 313 g/mol. The molecule has 96 valence electrons. The van der Waals surface area contributed by atoms with Gasteiger partial charge in [-0.1, -0.05) is 77.3 Å². The molecule has 0 heterocycles. The van der Waals surface area contributed by atoms with Crippen LogP contribution in [0.15, 0.2) is 58.6 Å². The molecule has 0 aromatic heterocycles. The summed E-state index contributed by atoms with van der Waals surface area (Å²) in [4.78, 5) is 0. The second-order valence-corrected chi connectivity index (χ2v) is 6.00. The molecule has 0 radical (unpaired) electrons. The van der Waals surface area contributed by atoms with Crippen LogP contribution in [0.1, 0.15) is 42.4 Å². The highest BCUT2D eigenvalue weighted by molar-refractivity contribution is 9.10. The van der Waals surface area contributed by atoms with E-state index in [0.29, 0.717) is 5.92 Å². The van der Waals surface area contributed by atoms with Gasteiger partial charge in [-0.3, -0.25) is 0 Å². The molecule has 19 heavy (non-hydrogen) atoms. The summed E-state index contributed by atoms with van der Waals surface area (Å²) in [6.45, 7) is 2.25. The van der Waals surface area contributed by atoms with Gasteiger partial charge >= 0.3 is 0 Å². The maximum absolute atomic E-state index is 3.60. The van der Waals surface area contributed by atoms with Crippen molar-refractivity contribution in [3.8, 4) is 0 Å². The number of hydrogen-bond donors (Lipinski definition) is 0. The molecule has 1 aliphatic carbocycles. The lowest BCUT2D eigenvalue weighted by molar-refractivity contribution is 0.829. The summed E-state index contributed by atoms with van der Waals surface area (Å²) >= 11 is 3.60. The molecule has 0 fully saturated rings. The summed E-state index contributed by atoms with van der Waals surface area (Å²) in [5.41, 5.74) is 5.75. The maximum atomic E-state index is 3.60. The summed E-state index contributed by atoms with van der Waals surface area (Å²) in [5.74, 6) is 0.439. The molecule has 1 heteroatoms. The second-order valence-electron chi connectivity index (χ2n) is 5.09. The van der Waals surface area contributed by atoms with Gasteiger partial charge in [0.15, 0.2) is 0 Å². The van der Waals surface area contributed by atoms with E-state index < -0.39 is 0 Å². The lowest BCUT2D eigenvalue weighted by Gasteiger charge is -2.17. The van der Waals surface area contributed by atoms with Gasteiger partial charge in [0.1, 0.15) is 0 Å². The standard InChI is InChI=1S/C18H17Br/c1-2-6-15-11-14-9-10-16(19)12-17(14)18(15)13-7-4-3-5-8-13/h3-5,7-12,18H,2,6H2,1H3. The number of allylic oxidation sites excluding steroid dienone is 1. The monoisotopic (exact) mass is 312 g/mol. The molecule has 0 N–H and O–H groups in total. The minimum absolute atomic E-state index is 0.439. The molecule has 1 aliphatic rings. The Balaban J connectivity index is 2.10. The molecule has 0 amide bonds. The van der Waals surface area contributed by atoms with Crippen LogP contribution in [0.25, 0.3) is 6.08 Å². The number of hydrogen-bond acceptors (Lipinski definition) is 0. The van der Waals surface area contributed by atoms with E-state index in [1.807, 2.05) is 0 Å². The zero-order chi connectivity index (χ0) is 13.2. The molecular formula is C18H17Br. The Morgan fingerprint density at radius 2 is 1.84 bits per heavy atom. The van der Waals surface area contributed by atoms with Crippen LogP contribution in [0.2, 0.25) is 0 Å². The molecule has 0 bridgehead atoms. The van der Waals surface area contributed by atoms with Crippen LogP contribution in [-0.4, -0.2) is 0 Å². The topological polar surface area (TPSA) is 0 Å². The molecule has 2 aromatic carbocycles. The number of benzene rings is 2. The van der Waals surface area contributed by atoms with E-state index in [9.17, 15) is 0 Å². The van der Waals surface area contributed by atoms with Crippen LogP contribution in [0.5, 0.6) is 0 Å². The Bertz CT molecular complexity index is 611. The molecule has 0 nitrogen and oxygen atoms in total. The molecule has 0 saturated heterocycles. The first-order valence-corrected chi connectivity index (χ1v) is 7.63. The van der Waals surface area contributed by atoms with E-state index in [1.165, 1.54) is 34.0 Å². The van der Waals surface area contributed by atoms with Crippen LogP contribution in [0, 0.1) is 0 Å². The first kappa shape index (κ1) is 12.7. The third kappa shape index (κ3) is 2.40. The largest absolute Gasteiger partial charge is 0.0651 e. The van der Waals surface area contributed by atoms with Gasteiger partial charge in [0.25, 0.3) is 0 Å². The van der Waals surface area contributed by atoms with Crippen molar-refractivity contribution >= 4 is 22.0 Å². The third-order valence-electron chi connectivity index (χ3n) is 3.74. The van der Waals surface area contributed by atoms with E-state index in [1.54, 1.807) is 5.57 Å². The molecule has 0 aliphatic heterocycles. The Morgan fingerprint density at radius 1 is 1.05 bits per heavy atom. The summed E-state index contributed by atoms with van der Waals surface area (Å²) in [6, 6.07) is 17.5. The first-order valence-electron chi connectivity index (χ1n) is 6.84. The highest BCUT2D eigenvalue weighted by atomic mass is 79.9. The van der Waals surface area contributed by atoms with Gasteiger partial charge in [0.2, 0.25) is 0 Å². The van der Waals surface area contributed by atoms with Crippen LogP contribution >= 0.6 is 15.9 Å². The summed E-state index contributed by atoms with van der Waals surface area (Å²) < 4.78 is 1.17. The van der Waals surface area contributed by atoms with Crippen molar-refractivity contribution in [1.29, 1.82) is 0 Å². The van der Waals surface area contributed by atoms with E-state index in [2.05, 4.69) is 77.5 Å². The molecule has 2 aromatic rings. The molecule has 1 atom stereocenters. The molecule has 3 rings (SSSR count). The van der Waals surface area contributed by atoms with Gasteiger partial charge in [0, 0.05) is 10.4 Å². The Kier molecular flexibility index (Phi) is 3.56. The van der Waals surface area contributed by atoms with E-state index in [4.69, 9.17) is 0 Å². The predicted molar refractivity (Wildman–Crippen MR) is 85.3 cm³/mol. The lowest BCUT2D eigenvalue weighted by atomic mass is 9.87. The molecule has 0 spiro atoms. The van der Waals surface area contributed by atoms with Gasteiger partial charge in [-0.05, 0) is 35.2 Å². The highest BCUT2D eigenvalue weighted by Crippen LogP contribution is 2.43. The van der Waals surface area contributed by atoms with Gasteiger partial charge in [-0.25, -0.2) is 0 Å². The van der Waals surface area contributed by atoms with E-state index in [0.717, 1.165) is 0 Å². The van der Waals surface area contributed by atoms with Gasteiger partial charge < -0.3 is 0 Å². The fourth-order valence-corrected chi connectivity index (χ4v) is 3.33. The minimum Gasteiger partial charge on any atom is -0.0651 e. The fourth-order valence-electron chi connectivity index (χ4n) is 2.95. The fraction of sp³-hybridized carbons (Fsp3) is 0.222. The van der Waals surface area contributed by atoms with Gasteiger partial charge in [0.05, 0.1) is 0 Å². The SMILES string of the molecule is CCCC1=Cc2ccc(Br)cc2C1c1ccccc1. The molecule has 0 saturated carbocycles. The van der Waals surface area contributed by atoms with Crippen LogP contribution in [-0.2, 0) is 0 Å². The van der Waals surface area contributed by atoms with Crippen LogP contribution in [0.4, 0.5) is 0 Å². The minimum atomic E-state index is 0.439. The average Bonchev–Trinajstić information content (AvgIpc) is 2.77. The second kappa shape index (κ2) is 5.34. The molecular weight excluding hydrogens is 296 g/mol. The lowest BCUT2D eigenvalue weighted by Crippen LogP contribution is -2.01. The van der Waals surface area contributed by atoms with Crippen molar-refractivity contribution in [2.75, 3.05) is 0 Å². The quantitative estimate of drug-likeness (QED) is 0.674. The Hall–Kier alpha value is -1.34. The highest BCUT2D eigenvalue weighted by Gasteiger charge is 2.25. The molecule has 1 unspecified atom stereocenters. The smallest absolute Gasteiger partial charge is 0.0308 e. The number of halogens is 1. The summed E-state index contributed by atoms with van der Waals surface area (Å²) in [5, 5.41) is 0. The number of fused-ring (bicyclic) bond motifs is 1. The maximum Gasteiger partial charge on any atom is 0.0308 e. The summed E-state index contributed by atoms with van der Waals surface area (Å²) in [7, 11) is 0. The summed E-state index contributed by atoms with van der Waals surface area (Å²) in [6.07, 6.45) is 4.75. The van der Waals surface area contributed by atoms with E-state index >= 15 is 0 Å². The van der Waals surface area contributed by atoms with Crippen molar-refractivity contribution in [2.45, 2.75) is 25.7 Å². The van der Waals surface area contributed by atoms with Crippen molar-refractivity contribution in [3.05, 3.63) is 75.3 Å². The van der Waals surface area contributed by atoms with Crippen molar-refractivity contribution in [1.82, 2.24) is 0 Å². The van der Waals surface area contributed by atoms with Crippen molar-refractivity contribution in [2.24, 2.45) is 0 Å². The Labute approximate surface area is 123 Å². The van der Waals surface area contributed by atoms with E-state index in [-0.39, 0.29) is 0 Å². The van der Waals surface area contributed by atoms with Crippen LogP contribution in [0.3, 0.4) is 0 Å². The van der Waals surface area contributed by atoms with Gasteiger partial charge in [-0.15, -0.1) is 0 Å². The normalized spacial score (nSPS) is 17.2. The zero-order valence-electron chi connectivity index (χ0n) is 11.1. The first-order chi connectivity index (χ1) is 9.29. The zero-order valence-corrected chi connectivity index (χ0v) is 12.7.